The number of hydrogen-bond donors (Lipinski definition) is 1. The summed E-state index contributed by atoms with van der Waals surface area (Å²) in [6, 6.07) is 5.53. The van der Waals surface area contributed by atoms with E-state index in [2.05, 4.69) is 15.3 Å². The molecule has 2 aromatic rings. The van der Waals surface area contributed by atoms with Gasteiger partial charge in [0.2, 0.25) is 11.9 Å². The SMILES string of the molecule is COc1ccc(Cl)cc1NC(=O)CN(C)c1nc(N(C)C)cc(C(F)(F)F)n1. The molecule has 2 rings (SSSR count). The van der Waals surface area contributed by atoms with Crippen molar-refractivity contribution < 1.29 is 22.7 Å². The molecule has 7 nitrogen and oxygen atoms in total. The molecule has 152 valence electrons. The number of ether oxygens (including phenoxy) is 1. The van der Waals surface area contributed by atoms with E-state index in [0.717, 1.165) is 6.07 Å². The Morgan fingerprint density at radius 1 is 1.21 bits per heavy atom. The van der Waals surface area contributed by atoms with E-state index in [1.165, 1.54) is 30.0 Å². The lowest BCUT2D eigenvalue weighted by Gasteiger charge is -2.21. The predicted molar refractivity (Wildman–Crippen MR) is 101 cm³/mol. The fourth-order valence-corrected chi connectivity index (χ4v) is 2.39. The number of alkyl halides is 3. The Bertz CT molecular complexity index is 861. The number of hydrogen-bond acceptors (Lipinski definition) is 6. The Balaban J connectivity index is 2.22. The van der Waals surface area contributed by atoms with Crippen LogP contribution in [0.5, 0.6) is 5.75 Å². The maximum atomic E-state index is 13.1. The van der Waals surface area contributed by atoms with Gasteiger partial charge in [-0.15, -0.1) is 0 Å². The molecular weight excluding hydrogens is 399 g/mol. The first kappa shape index (κ1) is 21.5. The second-order valence-corrected chi connectivity index (χ2v) is 6.49. The molecule has 0 radical (unpaired) electrons. The van der Waals surface area contributed by atoms with Crippen molar-refractivity contribution in [3.8, 4) is 5.75 Å². The number of halogens is 4. The van der Waals surface area contributed by atoms with Gasteiger partial charge in [-0.25, -0.2) is 4.98 Å². The van der Waals surface area contributed by atoms with Crippen molar-refractivity contribution in [3.63, 3.8) is 0 Å². The molecule has 0 unspecified atom stereocenters. The fourth-order valence-electron chi connectivity index (χ4n) is 2.22. The molecule has 1 aromatic carbocycles. The number of nitrogens with one attached hydrogen (secondary N) is 1. The van der Waals surface area contributed by atoms with Gasteiger partial charge in [0.15, 0.2) is 5.69 Å². The number of aromatic nitrogens is 2. The second kappa shape index (κ2) is 8.51. The van der Waals surface area contributed by atoms with Crippen LogP contribution in [0.3, 0.4) is 0 Å². The minimum absolute atomic E-state index is 0.0705. The number of benzene rings is 1. The summed E-state index contributed by atoms with van der Waals surface area (Å²) in [6.07, 6.45) is -4.64. The van der Waals surface area contributed by atoms with Crippen LogP contribution in [-0.2, 0) is 11.0 Å². The Labute approximate surface area is 165 Å². The molecule has 0 saturated heterocycles. The van der Waals surface area contributed by atoms with Gasteiger partial charge in [0.05, 0.1) is 19.3 Å². The highest BCUT2D eigenvalue weighted by Gasteiger charge is 2.34. The lowest BCUT2D eigenvalue weighted by atomic mass is 10.3. The van der Waals surface area contributed by atoms with E-state index in [4.69, 9.17) is 16.3 Å². The molecule has 0 aliphatic heterocycles. The van der Waals surface area contributed by atoms with E-state index in [9.17, 15) is 18.0 Å². The van der Waals surface area contributed by atoms with Gasteiger partial charge in [0.25, 0.3) is 0 Å². The zero-order chi connectivity index (χ0) is 21.1. The molecule has 0 fully saturated rings. The Morgan fingerprint density at radius 3 is 2.46 bits per heavy atom. The molecule has 0 spiro atoms. The molecule has 0 bridgehead atoms. The summed E-state index contributed by atoms with van der Waals surface area (Å²) in [5.41, 5.74) is -0.752. The van der Waals surface area contributed by atoms with Crippen LogP contribution in [0.25, 0.3) is 0 Å². The number of methoxy groups -OCH3 is 1. The molecule has 11 heteroatoms. The largest absolute Gasteiger partial charge is 0.495 e. The summed E-state index contributed by atoms with van der Waals surface area (Å²) in [4.78, 5) is 22.6. The standard InChI is InChI=1S/C17H19ClF3N5O2/c1-25(2)14-8-13(17(19,20)21)23-16(24-14)26(3)9-15(27)22-11-7-10(18)5-6-12(11)28-4/h5-8H,9H2,1-4H3,(H,22,27). The average Bonchev–Trinajstić information content (AvgIpc) is 2.60. The lowest BCUT2D eigenvalue weighted by molar-refractivity contribution is -0.141. The number of amides is 1. The second-order valence-electron chi connectivity index (χ2n) is 6.05. The number of rotatable bonds is 6. The molecule has 28 heavy (non-hydrogen) atoms. The molecule has 1 amide bonds. The fraction of sp³-hybridized carbons (Fsp3) is 0.353. The van der Waals surface area contributed by atoms with Gasteiger partial charge in [-0.2, -0.15) is 18.2 Å². The van der Waals surface area contributed by atoms with Gasteiger partial charge >= 0.3 is 6.18 Å². The van der Waals surface area contributed by atoms with Crippen molar-refractivity contribution >= 4 is 35.0 Å². The van der Waals surface area contributed by atoms with Crippen LogP contribution in [-0.4, -0.2) is 50.7 Å². The van der Waals surface area contributed by atoms with E-state index >= 15 is 0 Å². The third-order valence-corrected chi connectivity index (χ3v) is 3.84. The van der Waals surface area contributed by atoms with Crippen molar-refractivity contribution in [1.29, 1.82) is 0 Å². The number of likely N-dealkylation sites (N-methyl/N-ethyl adjacent to an activating group) is 1. The maximum Gasteiger partial charge on any atom is 0.433 e. The van der Waals surface area contributed by atoms with E-state index in [0.29, 0.717) is 16.5 Å². The normalized spacial score (nSPS) is 11.1. The third-order valence-electron chi connectivity index (χ3n) is 3.61. The summed E-state index contributed by atoms with van der Waals surface area (Å²) >= 11 is 5.92. The van der Waals surface area contributed by atoms with Crippen molar-refractivity contribution in [2.24, 2.45) is 0 Å². The first-order chi connectivity index (χ1) is 13.0. The molecular formula is C17H19ClF3N5O2. The van der Waals surface area contributed by atoms with E-state index in [1.807, 2.05) is 0 Å². The summed E-state index contributed by atoms with van der Waals surface area (Å²) in [6.45, 7) is -0.288. The van der Waals surface area contributed by atoms with Crippen molar-refractivity contribution in [2.45, 2.75) is 6.18 Å². The summed E-state index contributed by atoms with van der Waals surface area (Å²) < 4.78 is 44.5. The van der Waals surface area contributed by atoms with E-state index < -0.39 is 17.8 Å². The summed E-state index contributed by atoms with van der Waals surface area (Å²) in [5, 5.41) is 3.00. The Morgan fingerprint density at radius 2 is 1.89 bits per heavy atom. The smallest absolute Gasteiger partial charge is 0.433 e. The van der Waals surface area contributed by atoms with Crippen LogP contribution in [0.2, 0.25) is 5.02 Å². The lowest BCUT2D eigenvalue weighted by Crippen LogP contribution is -2.32. The van der Waals surface area contributed by atoms with Crippen LogP contribution < -0.4 is 19.9 Å². The minimum atomic E-state index is -4.64. The summed E-state index contributed by atoms with van der Waals surface area (Å²) in [5.74, 6) is -0.270. The first-order valence-corrected chi connectivity index (χ1v) is 8.37. The third kappa shape index (κ3) is 5.38. The van der Waals surface area contributed by atoms with Gasteiger partial charge in [-0.3, -0.25) is 4.79 Å². The zero-order valence-electron chi connectivity index (χ0n) is 15.6. The van der Waals surface area contributed by atoms with Crippen molar-refractivity contribution in [3.05, 3.63) is 35.0 Å². The topological polar surface area (TPSA) is 70.6 Å². The maximum absolute atomic E-state index is 13.1. The molecule has 0 atom stereocenters. The highest BCUT2D eigenvalue weighted by atomic mass is 35.5. The zero-order valence-corrected chi connectivity index (χ0v) is 16.4. The molecule has 1 N–H and O–H groups in total. The monoisotopic (exact) mass is 417 g/mol. The van der Waals surface area contributed by atoms with Crippen molar-refractivity contribution in [2.75, 3.05) is 49.9 Å². The van der Waals surface area contributed by atoms with E-state index in [-0.39, 0.29) is 18.3 Å². The van der Waals surface area contributed by atoms with Crippen LogP contribution in [0, 0.1) is 0 Å². The number of carbonyl (C=O) groups excluding carboxylic acids is 1. The Hall–Kier alpha value is -2.75. The van der Waals surface area contributed by atoms with Crippen LogP contribution in [0.4, 0.5) is 30.6 Å². The van der Waals surface area contributed by atoms with Crippen LogP contribution in [0.1, 0.15) is 5.69 Å². The van der Waals surface area contributed by atoms with Crippen LogP contribution >= 0.6 is 11.6 Å². The molecule has 1 heterocycles. The highest BCUT2D eigenvalue weighted by molar-refractivity contribution is 6.31. The van der Waals surface area contributed by atoms with Gasteiger partial charge < -0.3 is 19.9 Å². The Kier molecular flexibility index (Phi) is 6.55. The summed E-state index contributed by atoms with van der Waals surface area (Å²) in [7, 11) is 5.97. The van der Waals surface area contributed by atoms with Crippen LogP contribution in [0.15, 0.2) is 24.3 Å². The number of anilines is 3. The van der Waals surface area contributed by atoms with Gasteiger partial charge in [0, 0.05) is 32.2 Å². The number of carbonyl (C=O) groups is 1. The van der Waals surface area contributed by atoms with Gasteiger partial charge in [-0.05, 0) is 18.2 Å². The minimum Gasteiger partial charge on any atom is -0.495 e. The molecule has 0 aliphatic rings. The van der Waals surface area contributed by atoms with Gasteiger partial charge in [0.1, 0.15) is 11.6 Å². The predicted octanol–water partition coefficient (Wildman–Crippen LogP) is 3.30. The van der Waals surface area contributed by atoms with Crippen molar-refractivity contribution in [1.82, 2.24) is 9.97 Å². The highest BCUT2D eigenvalue weighted by Crippen LogP contribution is 2.31. The quantitative estimate of drug-likeness (QED) is 0.777. The molecule has 0 aliphatic carbocycles. The number of nitrogens with zero attached hydrogens (tertiary/aromatic N) is 4. The molecule has 0 saturated carbocycles. The van der Waals surface area contributed by atoms with E-state index in [1.54, 1.807) is 26.2 Å². The first-order valence-electron chi connectivity index (χ1n) is 7.99. The van der Waals surface area contributed by atoms with Gasteiger partial charge in [-0.1, -0.05) is 11.6 Å². The molecule has 1 aromatic heterocycles. The average molecular weight is 418 g/mol.